The van der Waals surface area contributed by atoms with E-state index >= 15 is 0 Å². The summed E-state index contributed by atoms with van der Waals surface area (Å²) in [6.07, 6.45) is 3.82. The molecule has 0 N–H and O–H groups in total. The van der Waals surface area contributed by atoms with Crippen LogP contribution in [0.25, 0.3) is 0 Å². The van der Waals surface area contributed by atoms with Crippen LogP contribution in [0.3, 0.4) is 0 Å². The Morgan fingerprint density at radius 2 is 1.83 bits per heavy atom. The summed E-state index contributed by atoms with van der Waals surface area (Å²) < 4.78 is 0. The maximum Gasteiger partial charge on any atom is 0.0371 e. The Morgan fingerprint density at radius 1 is 1.33 bits per heavy atom. The van der Waals surface area contributed by atoms with E-state index in [4.69, 9.17) is 0 Å². The normalized spacial score (nSPS) is 13.9. The van der Waals surface area contributed by atoms with Crippen LogP contribution in [0.5, 0.6) is 0 Å². The first kappa shape index (κ1) is 11.2. The van der Waals surface area contributed by atoms with E-state index in [9.17, 15) is 0 Å². The van der Waals surface area contributed by atoms with Crippen molar-refractivity contribution in [1.82, 2.24) is 0 Å². The molecule has 0 aromatic rings. The Labute approximate surface area is 75.9 Å². The topological polar surface area (TPSA) is 12.4 Å². The average Bonchev–Trinajstić information content (AvgIpc) is 1.85. The number of rotatable bonds is 2. The van der Waals surface area contributed by atoms with Crippen LogP contribution in [0.15, 0.2) is 28.9 Å². The van der Waals surface area contributed by atoms with Crippen LogP contribution in [-0.4, -0.2) is 6.21 Å². The molecule has 0 aliphatic rings. The first-order valence-corrected chi connectivity index (χ1v) is 4.24. The zero-order valence-corrected chi connectivity index (χ0v) is 8.81. The summed E-state index contributed by atoms with van der Waals surface area (Å²) in [6.45, 7) is 14.3. The Morgan fingerprint density at radius 3 is 2.17 bits per heavy atom. The molecule has 0 amide bonds. The second-order valence-corrected chi connectivity index (χ2v) is 3.95. The highest BCUT2D eigenvalue weighted by Crippen LogP contribution is 2.25. The fourth-order valence-corrected chi connectivity index (χ4v) is 0.710. The summed E-state index contributed by atoms with van der Waals surface area (Å²) in [5, 5.41) is 0. The fraction of sp³-hybridized carbons (Fsp3) is 0.545. The number of allylic oxidation sites excluding steroid dienone is 3. The van der Waals surface area contributed by atoms with Gasteiger partial charge in [0.05, 0.1) is 0 Å². The molecular weight excluding hydrogens is 146 g/mol. The summed E-state index contributed by atoms with van der Waals surface area (Å²) in [5.74, 6) is 0. The van der Waals surface area contributed by atoms with Crippen molar-refractivity contribution in [3.8, 4) is 0 Å². The molecule has 0 atom stereocenters. The van der Waals surface area contributed by atoms with E-state index in [1.165, 1.54) is 0 Å². The maximum atomic E-state index is 4.15. The summed E-state index contributed by atoms with van der Waals surface area (Å²) in [7, 11) is 0. The Balaban J connectivity index is 4.45. The molecule has 0 rings (SSSR count). The van der Waals surface area contributed by atoms with Crippen LogP contribution in [0, 0.1) is 5.41 Å². The van der Waals surface area contributed by atoms with Crippen molar-refractivity contribution in [3.05, 3.63) is 23.9 Å². The van der Waals surface area contributed by atoms with Crippen LogP contribution < -0.4 is 0 Å². The first-order valence-electron chi connectivity index (χ1n) is 4.24. The minimum Gasteiger partial charge on any atom is -0.266 e. The van der Waals surface area contributed by atoms with E-state index in [2.05, 4.69) is 32.3 Å². The molecule has 0 heterocycles. The molecule has 68 valence electrons. The van der Waals surface area contributed by atoms with Crippen molar-refractivity contribution >= 4 is 6.21 Å². The predicted molar refractivity (Wildman–Crippen MR) is 56.5 cm³/mol. The third-order valence-corrected chi connectivity index (χ3v) is 1.68. The standard InChI is InChI=1S/C11H19N/c1-7-12-10(3)8-9(2)11(4,5)6/h7-8H,2H2,1,3-6H3/b10-8-,12-7?. The van der Waals surface area contributed by atoms with Gasteiger partial charge in [0, 0.05) is 11.9 Å². The highest BCUT2D eigenvalue weighted by atomic mass is 14.7. The number of hydrogen-bond donors (Lipinski definition) is 0. The number of aliphatic imine (C=N–C) groups is 1. The van der Waals surface area contributed by atoms with Crippen LogP contribution in [-0.2, 0) is 0 Å². The van der Waals surface area contributed by atoms with E-state index in [1.54, 1.807) is 6.21 Å². The van der Waals surface area contributed by atoms with Gasteiger partial charge in [-0.3, -0.25) is 4.99 Å². The summed E-state index contributed by atoms with van der Waals surface area (Å²) in [6, 6.07) is 0. The lowest BCUT2D eigenvalue weighted by atomic mass is 9.87. The zero-order valence-electron chi connectivity index (χ0n) is 8.81. The molecule has 0 aromatic heterocycles. The van der Waals surface area contributed by atoms with E-state index in [-0.39, 0.29) is 5.41 Å². The van der Waals surface area contributed by atoms with Gasteiger partial charge in [0.25, 0.3) is 0 Å². The van der Waals surface area contributed by atoms with Crippen molar-refractivity contribution in [3.63, 3.8) is 0 Å². The third kappa shape index (κ3) is 4.12. The van der Waals surface area contributed by atoms with Crippen LogP contribution in [0.4, 0.5) is 0 Å². The molecule has 0 saturated heterocycles. The molecule has 0 saturated carbocycles. The number of nitrogens with zero attached hydrogens (tertiary/aromatic N) is 1. The van der Waals surface area contributed by atoms with E-state index in [1.807, 2.05) is 19.9 Å². The van der Waals surface area contributed by atoms with Crippen molar-refractivity contribution in [1.29, 1.82) is 0 Å². The van der Waals surface area contributed by atoms with Gasteiger partial charge < -0.3 is 0 Å². The number of hydrogen-bond acceptors (Lipinski definition) is 1. The SMILES string of the molecule is C=C(/C=C(/C)N=CC)C(C)(C)C. The van der Waals surface area contributed by atoms with Gasteiger partial charge in [-0.2, -0.15) is 0 Å². The summed E-state index contributed by atoms with van der Waals surface area (Å²) in [4.78, 5) is 4.15. The molecule has 0 aliphatic heterocycles. The largest absolute Gasteiger partial charge is 0.266 e. The first-order chi connectivity index (χ1) is 5.38. The Bertz CT molecular complexity index is 214. The maximum absolute atomic E-state index is 4.15. The molecule has 0 unspecified atom stereocenters. The quantitative estimate of drug-likeness (QED) is 0.438. The molecular formula is C11H19N. The van der Waals surface area contributed by atoms with Gasteiger partial charge in [0.2, 0.25) is 0 Å². The second kappa shape index (κ2) is 4.24. The summed E-state index contributed by atoms with van der Waals surface area (Å²) in [5.41, 5.74) is 2.27. The molecule has 12 heavy (non-hydrogen) atoms. The van der Waals surface area contributed by atoms with E-state index in [0.717, 1.165) is 11.3 Å². The van der Waals surface area contributed by atoms with E-state index < -0.39 is 0 Å². The monoisotopic (exact) mass is 165 g/mol. The molecule has 0 bridgehead atoms. The van der Waals surface area contributed by atoms with Gasteiger partial charge in [-0.1, -0.05) is 27.4 Å². The van der Waals surface area contributed by atoms with Gasteiger partial charge in [-0.05, 0) is 30.9 Å². The van der Waals surface area contributed by atoms with Gasteiger partial charge in [-0.15, -0.1) is 0 Å². The average molecular weight is 165 g/mol. The van der Waals surface area contributed by atoms with Gasteiger partial charge >= 0.3 is 0 Å². The minimum atomic E-state index is 0.143. The highest BCUT2D eigenvalue weighted by molar-refractivity contribution is 5.55. The van der Waals surface area contributed by atoms with Gasteiger partial charge in [0.1, 0.15) is 0 Å². The predicted octanol–water partition coefficient (Wildman–Crippen LogP) is 3.58. The van der Waals surface area contributed by atoms with Crippen LogP contribution in [0.1, 0.15) is 34.6 Å². The van der Waals surface area contributed by atoms with Crippen molar-refractivity contribution in [2.75, 3.05) is 0 Å². The molecule has 1 heteroatoms. The van der Waals surface area contributed by atoms with Gasteiger partial charge in [-0.25, -0.2) is 0 Å². The lowest BCUT2D eigenvalue weighted by Gasteiger charge is -2.18. The smallest absolute Gasteiger partial charge is 0.0371 e. The Kier molecular flexibility index (Phi) is 3.94. The third-order valence-electron chi connectivity index (χ3n) is 1.68. The fourth-order valence-electron chi connectivity index (χ4n) is 0.710. The molecule has 0 fully saturated rings. The molecule has 0 spiro atoms. The van der Waals surface area contributed by atoms with Crippen molar-refractivity contribution in [2.24, 2.45) is 10.4 Å². The summed E-state index contributed by atoms with van der Waals surface area (Å²) >= 11 is 0. The van der Waals surface area contributed by atoms with Crippen molar-refractivity contribution in [2.45, 2.75) is 34.6 Å². The Hall–Kier alpha value is -0.850. The molecule has 0 aliphatic carbocycles. The van der Waals surface area contributed by atoms with Crippen molar-refractivity contribution < 1.29 is 0 Å². The van der Waals surface area contributed by atoms with E-state index in [0.29, 0.717) is 0 Å². The molecule has 0 aromatic carbocycles. The van der Waals surface area contributed by atoms with Gasteiger partial charge in [0.15, 0.2) is 0 Å². The lowest BCUT2D eigenvalue weighted by Crippen LogP contribution is -2.06. The van der Waals surface area contributed by atoms with Crippen LogP contribution >= 0.6 is 0 Å². The lowest BCUT2D eigenvalue weighted by molar-refractivity contribution is 0.518. The van der Waals surface area contributed by atoms with Crippen LogP contribution in [0.2, 0.25) is 0 Å². The minimum absolute atomic E-state index is 0.143. The highest BCUT2D eigenvalue weighted by Gasteiger charge is 2.12. The molecule has 0 radical (unpaired) electrons. The molecule has 1 nitrogen and oxygen atoms in total. The zero-order chi connectivity index (χ0) is 9.78. The second-order valence-electron chi connectivity index (χ2n) is 3.95.